The highest BCUT2D eigenvalue weighted by Crippen LogP contribution is 2.19. The molecule has 0 fully saturated rings. The molecule has 4 heteroatoms. The largest absolute Gasteiger partial charge is 0.397 e. The molecule has 2 aromatic carbocycles. The lowest BCUT2D eigenvalue weighted by Gasteiger charge is -2.19. The van der Waals surface area contributed by atoms with Gasteiger partial charge in [-0.15, -0.1) is 0 Å². The Balaban J connectivity index is 1.76. The van der Waals surface area contributed by atoms with Gasteiger partial charge in [0.15, 0.2) is 0 Å². The van der Waals surface area contributed by atoms with Crippen molar-refractivity contribution >= 4 is 17.1 Å². The van der Waals surface area contributed by atoms with E-state index in [1.807, 2.05) is 18.2 Å². The molecule has 2 rings (SSSR count). The Hall–Kier alpha value is -2.23. The molecule has 2 aromatic rings. The van der Waals surface area contributed by atoms with E-state index in [2.05, 4.69) is 29.4 Å². The zero-order chi connectivity index (χ0) is 14.4. The van der Waals surface area contributed by atoms with Crippen molar-refractivity contribution in [3.05, 3.63) is 54.3 Å². The first kappa shape index (κ1) is 14.2. The van der Waals surface area contributed by atoms with Crippen LogP contribution in [0.25, 0.3) is 0 Å². The van der Waals surface area contributed by atoms with Gasteiger partial charge >= 0.3 is 0 Å². The number of hydrogen-bond donors (Lipinski definition) is 2. The van der Waals surface area contributed by atoms with Crippen LogP contribution in [0.3, 0.4) is 0 Å². The summed E-state index contributed by atoms with van der Waals surface area (Å²) in [5.41, 5.74) is 8.18. The number of rotatable bonds is 6. The van der Waals surface area contributed by atoms with Crippen LogP contribution in [-0.4, -0.2) is 20.1 Å². The van der Waals surface area contributed by atoms with Gasteiger partial charge in [0.1, 0.15) is 5.82 Å². The normalized spacial score (nSPS) is 10.3. The maximum atomic E-state index is 12.9. The summed E-state index contributed by atoms with van der Waals surface area (Å²) in [6.45, 7) is 1.74. The van der Waals surface area contributed by atoms with Crippen LogP contribution in [0.4, 0.5) is 21.5 Å². The van der Waals surface area contributed by atoms with E-state index in [0.29, 0.717) is 5.69 Å². The zero-order valence-electron chi connectivity index (χ0n) is 11.6. The highest BCUT2D eigenvalue weighted by Gasteiger charge is 2.01. The van der Waals surface area contributed by atoms with Crippen LogP contribution in [0.5, 0.6) is 0 Å². The number of nitrogens with zero attached hydrogens (tertiary/aromatic N) is 1. The summed E-state index contributed by atoms with van der Waals surface area (Å²) < 4.78 is 12.9. The summed E-state index contributed by atoms with van der Waals surface area (Å²) in [7, 11) is 2.07. The fraction of sp³-hybridized carbons (Fsp3) is 0.250. The molecule has 106 valence electrons. The number of nitrogen functional groups attached to an aromatic ring is 1. The lowest BCUT2D eigenvalue weighted by atomic mass is 10.2. The molecule has 0 unspecified atom stereocenters. The van der Waals surface area contributed by atoms with Gasteiger partial charge in [-0.2, -0.15) is 0 Å². The van der Waals surface area contributed by atoms with E-state index < -0.39 is 0 Å². The Morgan fingerprint density at radius 1 is 1.15 bits per heavy atom. The van der Waals surface area contributed by atoms with Gasteiger partial charge in [-0.3, -0.25) is 0 Å². The molecule has 0 aromatic heterocycles. The maximum Gasteiger partial charge on any atom is 0.125 e. The minimum Gasteiger partial charge on any atom is -0.397 e. The molecule has 0 saturated carbocycles. The van der Waals surface area contributed by atoms with Crippen LogP contribution in [0.15, 0.2) is 48.5 Å². The van der Waals surface area contributed by atoms with Crippen LogP contribution in [-0.2, 0) is 0 Å². The molecule has 0 bridgehead atoms. The average molecular weight is 273 g/mol. The lowest BCUT2D eigenvalue weighted by molar-refractivity contribution is 0.628. The average Bonchev–Trinajstić information content (AvgIpc) is 2.46. The number of benzene rings is 2. The van der Waals surface area contributed by atoms with Crippen LogP contribution >= 0.6 is 0 Å². The molecule has 0 radical (unpaired) electrons. The van der Waals surface area contributed by atoms with Crippen molar-refractivity contribution in [3.8, 4) is 0 Å². The summed E-state index contributed by atoms with van der Waals surface area (Å²) in [6.07, 6.45) is 0.974. The minimum absolute atomic E-state index is 0.308. The van der Waals surface area contributed by atoms with Gasteiger partial charge in [-0.1, -0.05) is 18.2 Å². The molecule has 3 N–H and O–H groups in total. The van der Waals surface area contributed by atoms with Crippen molar-refractivity contribution in [1.29, 1.82) is 0 Å². The Labute approximate surface area is 119 Å². The molecule has 20 heavy (non-hydrogen) atoms. The molecule has 0 atom stereocenters. The van der Waals surface area contributed by atoms with Gasteiger partial charge < -0.3 is 16.0 Å². The van der Waals surface area contributed by atoms with E-state index in [9.17, 15) is 4.39 Å². The van der Waals surface area contributed by atoms with Gasteiger partial charge in [0.25, 0.3) is 0 Å². The summed E-state index contributed by atoms with van der Waals surface area (Å²) in [4.78, 5) is 2.20. The van der Waals surface area contributed by atoms with E-state index in [4.69, 9.17) is 5.73 Å². The number of anilines is 3. The highest BCUT2D eigenvalue weighted by atomic mass is 19.1. The van der Waals surface area contributed by atoms with Crippen molar-refractivity contribution in [3.63, 3.8) is 0 Å². The standard InChI is InChI=1S/C16H20FN3/c1-20(14-6-3-2-4-7-14)11-5-10-19-16-9-8-13(17)12-15(16)18/h2-4,6-9,12,19H,5,10-11,18H2,1H3. The number of nitrogens with two attached hydrogens (primary N) is 1. The van der Waals surface area contributed by atoms with Crippen molar-refractivity contribution in [2.24, 2.45) is 0 Å². The summed E-state index contributed by atoms with van der Waals surface area (Å²) in [6, 6.07) is 14.7. The third-order valence-electron chi connectivity index (χ3n) is 3.20. The molecule has 3 nitrogen and oxygen atoms in total. The summed E-state index contributed by atoms with van der Waals surface area (Å²) in [5.74, 6) is -0.308. The van der Waals surface area contributed by atoms with Crippen LogP contribution in [0.2, 0.25) is 0 Å². The Morgan fingerprint density at radius 3 is 2.60 bits per heavy atom. The van der Waals surface area contributed by atoms with Crippen LogP contribution in [0, 0.1) is 5.82 Å². The second-order valence-electron chi connectivity index (χ2n) is 4.77. The van der Waals surface area contributed by atoms with E-state index >= 15 is 0 Å². The summed E-state index contributed by atoms with van der Waals surface area (Å²) in [5, 5.41) is 3.23. The second-order valence-corrected chi connectivity index (χ2v) is 4.77. The fourth-order valence-electron chi connectivity index (χ4n) is 2.05. The first-order valence-electron chi connectivity index (χ1n) is 6.72. The third kappa shape index (κ3) is 3.88. The quantitative estimate of drug-likeness (QED) is 0.626. The maximum absolute atomic E-state index is 12.9. The van der Waals surface area contributed by atoms with Gasteiger partial charge in [-0.05, 0) is 36.8 Å². The first-order chi connectivity index (χ1) is 9.66. The molecule has 0 aliphatic heterocycles. The smallest absolute Gasteiger partial charge is 0.125 e. The number of nitrogens with one attached hydrogen (secondary N) is 1. The Bertz CT molecular complexity index is 543. The van der Waals surface area contributed by atoms with Crippen LogP contribution in [0.1, 0.15) is 6.42 Å². The topological polar surface area (TPSA) is 41.3 Å². The molecular weight excluding hydrogens is 253 g/mol. The van der Waals surface area contributed by atoms with Gasteiger partial charge in [-0.25, -0.2) is 4.39 Å². The molecule has 0 spiro atoms. The molecule has 0 aliphatic rings. The van der Waals surface area contributed by atoms with E-state index in [0.717, 1.165) is 25.2 Å². The number of halogens is 1. The fourth-order valence-corrected chi connectivity index (χ4v) is 2.05. The zero-order valence-corrected chi connectivity index (χ0v) is 11.6. The molecule has 0 saturated heterocycles. The first-order valence-corrected chi connectivity index (χ1v) is 6.72. The van der Waals surface area contributed by atoms with E-state index in [-0.39, 0.29) is 5.82 Å². The van der Waals surface area contributed by atoms with Crippen molar-refractivity contribution in [2.75, 3.05) is 36.1 Å². The number of hydrogen-bond acceptors (Lipinski definition) is 3. The number of para-hydroxylation sites is 1. The monoisotopic (exact) mass is 273 g/mol. The molecule has 0 heterocycles. The van der Waals surface area contributed by atoms with E-state index in [1.165, 1.54) is 17.8 Å². The van der Waals surface area contributed by atoms with E-state index in [1.54, 1.807) is 6.07 Å². The third-order valence-corrected chi connectivity index (χ3v) is 3.20. The molecular formula is C16H20FN3. The Morgan fingerprint density at radius 2 is 1.90 bits per heavy atom. The summed E-state index contributed by atoms with van der Waals surface area (Å²) >= 11 is 0. The van der Waals surface area contributed by atoms with Crippen LogP contribution < -0.4 is 16.0 Å². The van der Waals surface area contributed by atoms with Gasteiger partial charge in [0.05, 0.1) is 11.4 Å². The SMILES string of the molecule is CN(CCCNc1ccc(F)cc1N)c1ccccc1. The van der Waals surface area contributed by atoms with Gasteiger partial charge in [0.2, 0.25) is 0 Å². The van der Waals surface area contributed by atoms with Gasteiger partial charge in [0, 0.05) is 25.8 Å². The highest BCUT2D eigenvalue weighted by molar-refractivity contribution is 5.65. The predicted molar refractivity (Wildman–Crippen MR) is 83.6 cm³/mol. The van der Waals surface area contributed by atoms with Crippen molar-refractivity contribution < 1.29 is 4.39 Å². The van der Waals surface area contributed by atoms with Crippen molar-refractivity contribution in [2.45, 2.75) is 6.42 Å². The molecule has 0 amide bonds. The second kappa shape index (κ2) is 6.80. The Kier molecular flexibility index (Phi) is 4.82. The predicted octanol–water partition coefficient (Wildman–Crippen LogP) is 3.35. The minimum atomic E-state index is -0.308. The molecule has 0 aliphatic carbocycles. The lowest BCUT2D eigenvalue weighted by Crippen LogP contribution is -2.20. The van der Waals surface area contributed by atoms with Crippen molar-refractivity contribution in [1.82, 2.24) is 0 Å².